The summed E-state index contributed by atoms with van der Waals surface area (Å²) < 4.78 is 39.0. The summed E-state index contributed by atoms with van der Waals surface area (Å²) in [6, 6.07) is 11.8. The van der Waals surface area contributed by atoms with Gasteiger partial charge >= 0.3 is 0 Å². The van der Waals surface area contributed by atoms with E-state index in [0.29, 0.717) is 34.4 Å². The number of carbonyl (C=O) groups excluding carboxylic acids is 1. The number of benzene rings is 2. The molecule has 148 valence electrons. The fourth-order valence-corrected chi connectivity index (χ4v) is 4.37. The summed E-state index contributed by atoms with van der Waals surface area (Å²) in [5.41, 5.74) is 0.859. The first-order valence-corrected chi connectivity index (χ1v) is 10.5. The van der Waals surface area contributed by atoms with Crippen LogP contribution in [-0.4, -0.2) is 32.5 Å². The number of fused-ring (bicyclic) bond motifs is 2. The van der Waals surface area contributed by atoms with E-state index in [2.05, 4.69) is 9.71 Å². The van der Waals surface area contributed by atoms with Crippen LogP contribution in [0.4, 0.5) is 0 Å². The molecule has 2 heterocycles. The lowest BCUT2D eigenvalue weighted by molar-refractivity contribution is -0.116. The van der Waals surface area contributed by atoms with Gasteiger partial charge in [-0.05, 0) is 31.2 Å². The lowest BCUT2D eigenvalue weighted by atomic mass is 10.1. The minimum atomic E-state index is -4.08. The summed E-state index contributed by atoms with van der Waals surface area (Å²) in [5.74, 6) is 0.386. The highest BCUT2D eigenvalue weighted by Crippen LogP contribution is 2.35. The number of pyridine rings is 1. The molecule has 0 fully saturated rings. The van der Waals surface area contributed by atoms with Crippen molar-refractivity contribution in [2.45, 2.75) is 11.8 Å². The molecule has 29 heavy (non-hydrogen) atoms. The van der Waals surface area contributed by atoms with Gasteiger partial charge in [-0.25, -0.2) is 13.1 Å². The third-order valence-electron chi connectivity index (χ3n) is 4.46. The molecule has 0 aliphatic carbocycles. The topological polar surface area (TPSA) is 94.6 Å². The van der Waals surface area contributed by atoms with Crippen LogP contribution >= 0.6 is 0 Å². The van der Waals surface area contributed by atoms with Crippen LogP contribution in [0.2, 0.25) is 0 Å². The number of aromatic nitrogens is 1. The molecular formula is C21H18N2O5S. The molecule has 8 heteroatoms. The van der Waals surface area contributed by atoms with E-state index in [-0.39, 0.29) is 17.1 Å². The zero-order chi connectivity index (χ0) is 20.4. The number of sulfonamides is 1. The number of hydrogen-bond donors (Lipinski definition) is 1. The van der Waals surface area contributed by atoms with Crippen LogP contribution in [0.3, 0.4) is 0 Å². The molecule has 3 aromatic rings. The molecule has 2 aromatic carbocycles. The average Bonchev–Trinajstić information content (AvgIpc) is 2.73. The molecule has 0 saturated heterocycles. The Labute approximate surface area is 168 Å². The van der Waals surface area contributed by atoms with Gasteiger partial charge in [-0.15, -0.1) is 0 Å². The lowest BCUT2D eigenvalue weighted by Crippen LogP contribution is -2.34. The van der Waals surface area contributed by atoms with Gasteiger partial charge in [-0.3, -0.25) is 9.78 Å². The smallest absolute Gasteiger partial charge is 0.264 e. The molecule has 4 rings (SSSR count). The first-order chi connectivity index (χ1) is 14.0. The van der Waals surface area contributed by atoms with E-state index in [1.54, 1.807) is 48.7 Å². The molecule has 0 unspecified atom stereocenters. The Morgan fingerprint density at radius 3 is 2.86 bits per heavy atom. The minimum Gasteiger partial charge on any atom is -0.490 e. The number of para-hydroxylation sites is 1. The summed E-state index contributed by atoms with van der Waals surface area (Å²) >= 11 is 0. The summed E-state index contributed by atoms with van der Waals surface area (Å²) in [6.07, 6.45) is 4.69. The van der Waals surface area contributed by atoms with Crippen molar-refractivity contribution in [3.63, 3.8) is 0 Å². The van der Waals surface area contributed by atoms with Crippen LogP contribution in [0.15, 0.2) is 65.3 Å². The molecule has 1 N–H and O–H groups in total. The van der Waals surface area contributed by atoms with Crippen LogP contribution in [0.5, 0.6) is 11.5 Å². The Hall–Kier alpha value is -3.39. The molecule has 1 amide bonds. The van der Waals surface area contributed by atoms with Crippen LogP contribution < -0.4 is 14.2 Å². The second-order valence-corrected chi connectivity index (χ2v) is 8.00. The van der Waals surface area contributed by atoms with Gasteiger partial charge in [0.2, 0.25) is 0 Å². The maximum atomic E-state index is 12.8. The van der Waals surface area contributed by atoms with E-state index >= 15 is 0 Å². The number of ether oxygens (including phenoxy) is 2. The van der Waals surface area contributed by atoms with Gasteiger partial charge in [0.1, 0.15) is 6.61 Å². The summed E-state index contributed by atoms with van der Waals surface area (Å²) in [5, 5.41) is 1.16. The number of carbonyl (C=O) groups is 1. The van der Waals surface area contributed by atoms with Crippen molar-refractivity contribution in [2.24, 2.45) is 0 Å². The third kappa shape index (κ3) is 3.66. The molecule has 1 aliphatic rings. The maximum absolute atomic E-state index is 12.8. The number of nitrogens with one attached hydrogen (secondary N) is 1. The van der Waals surface area contributed by atoms with E-state index in [4.69, 9.17) is 9.47 Å². The van der Waals surface area contributed by atoms with Crippen LogP contribution in [0.1, 0.15) is 12.5 Å². The number of amides is 1. The molecule has 7 nitrogen and oxygen atoms in total. The highest BCUT2D eigenvalue weighted by Gasteiger charge is 2.25. The van der Waals surface area contributed by atoms with Crippen LogP contribution in [-0.2, 0) is 14.8 Å². The molecule has 0 atom stereocenters. The average molecular weight is 410 g/mol. The summed E-state index contributed by atoms with van der Waals surface area (Å²) in [7, 11) is -4.08. The first kappa shape index (κ1) is 18.9. The normalized spacial score (nSPS) is 13.2. The Kier molecular flexibility index (Phi) is 4.94. The predicted molar refractivity (Wildman–Crippen MR) is 108 cm³/mol. The van der Waals surface area contributed by atoms with Crippen molar-refractivity contribution in [1.29, 1.82) is 0 Å². The van der Waals surface area contributed by atoms with Crippen molar-refractivity contribution in [3.05, 3.63) is 66.0 Å². The van der Waals surface area contributed by atoms with Crippen molar-refractivity contribution in [1.82, 2.24) is 9.71 Å². The summed E-state index contributed by atoms with van der Waals surface area (Å²) in [6.45, 7) is 2.29. The SMILES string of the molecule is CCOc1cccc2c1OCC(C(=O)NS(=O)(=O)c1cccc3cnccc13)=C2. The number of rotatable bonds is 5. The largest absolute Gasteiger partial charge is 0.490 e. The Balaban J connectivity index is 1.63. The fraction of sp³-hybridized carbons (Fsp3) is 0.143. The second kappa shape index (κ2) is 7.56. The predicted octanol–water partition coefficient (Wildman–Crippen LogP) is 2.91. The fourth-order valence-electron chi connectivity index (χ4n) is 3.15. The lowest BCUT2D eigenvalue weighted by Gasteiger charge is -2.20. The highest BCUT2D eigenvalue weighted by molar-refractivity contribution is 7.90. The van der Waals surface area contributed by atoms with Gasteiger partial charge in [0.05, 0.1) is 17.1 Å². The van der Waals surface area contributed by atoms with E-state index in [1.165, 1.54) is 12.3 Å². The maximum Gasteiger partial charge on any atom is 0.264 e. The van der Waals surface area contributed by atoms with Gasteiger partial charge in [-0.1, -0.05) is 24.3 Å². The van der Waals surface area contributed by atoms with Gasteiger partial charge in [-0.2, -0.15) is 0 Å². The molecule has 0 bridgehead atoms. The highest BCUT2D eigenvalue weighted by atomic mass is 32.2. The van der Waals surface area contributed by atoms with E-state index in [9.17, 15) is 13.2 Å². The van der Waals surface area contributed by atoms with E-state index in [0.717, 1.165) is 0 Å². The minimum absolute atomic E-state index is 0.0158. The van der Waals surface area contributed by atoms with E-state index < -0.39 is 15.9 Å². The Morgan fingerprint density at radius 1 is 1.21 bits per heavy atom. The zero-order valence-corrected chi connectivity index (χ0v) is 16.4. The molecule has 1 aromatic heterocycles. The quantitative estimate of drug-likeness (QED) is 0.695. The second-order valence-electron chi connectivity index (χ2n) is 6.35. The molecule has 1 aliphatic heterocycles. The summed E-state index contributed by atoms with van der Waals surface area (Å²) in [4.78, 5) is 16.7. The van der Waals surface area contributed by atoms with Crippen molar-refractivity contribution < 1.29 is 22.7 Å². The van der Waals surface area contributed by atoms with Crippen LogP contribution in [0.25, 0.3) is 16.8 Å². The van der Waals surface area contributed by atoms with Crippen molar-refractivity contribution in [3.8, 4) is 11.5 Å². The monoisotopic (exact) mass is 410 g/mol. The molecule has 0 spiro atoms. The molecule has 0 saturated carbocycles. The number of nitrogens with zero attached hydrogens (tertiary/aromatic N) is 1. The van der Waals surface area contributed by atoms with Gasteiger partial charge < -0.3 is 9.47 Å². The standard InChI is InChI=1S/C21H18N2O5S/c1-2-27-18-7-3-5-14-11-16(13-28-20(14)18)21(24)23-29(25,26)19-8-4-6-15-12-22-10-9-17(15)19/h3-12H,2,13H2,1H3,(H,23,24). The Bertz CT molecular complexity index is 1230. The van der Waals surface area contributed by atoms with Crippen LogP contribution in [0, 0.1) is 0 Å². The molecule has 0 radical (unpaired) electrons. The zero-order valence-electron chi connectivity index (χ0n) is 15.6. The van der Waals surface area contributed by atoms with Crippen molar-refractivity contribution >= 4 is 32.8 Å². The van der Waals surface area contributed by atoms with E-state index in [1.807, 2.05) is 6.92 Å². The first-order valence-electron chi connectivity index (χ1n) is 8.98. The van der Waals surface area contributed by atoms with Gasteiger partial charge in [0, 0.05) is 28.7 Å². The third-order valence-corrected chi connectivity index (χ3v) is 5.85. The van der Waals surface area contributed by atoms with Gasteiger partial charge in [0.15, 0.2) is 11.5 Å². The Morgan fingerprint density at radius 2 is 2.03 bits per heavy atom. The van der Waals surface area contributed by atoms with Crippen molar-refractivity contribution in [2.75, 3.05) is 13.2 Å². The van der Waals surface area contributed by atoms with Gasteiger partial charge in [0.25, 0.3) is 15.9 Å². The molecular weight excluding hydrogens is 392 g/mol. The number of hydrogen-bond acceptors (Lipinski definition) is 6.